The summed E-state index contributed by atoms with van der Waals surface area (Å²) in [6, 6.07) is 13.6. The second-order valence-electron chi connectivity index (χ2n) is 6.37. The van der Waals surface area contributed by atoms with Crippen LogP contribution in [0.25, 0.3) is 10.9 Å². The van der Waals surface area contributed by atoms with Gasteiger partial charge in [0.25, 0.3) is 5.91 Å². The highest BCUT2D eigenvalue weighted by Crippen LogP contribution is 2.25. The second-order valence-corrected chi connectivity index (χ2v) is 6.81. The number of aromatic nitrogens is 1. The Bertz CT molecular complexity index is 945. The summed E-state index contributed by atoms with van der Waals surface area (Å²) >= 11 is 6.08. The topological polar surface area (TPSA) is 48.6 Å². The number of nitrogens with one attached hydrogen (secondary N) is 1. The summed E-state index contributed by atoms with van der Waals surface area (Å²) < 4.78 is 5.24. The maximum atomic E-state index is 13.0. The molecule has 6 heteroatoms. The first-order valence-corrected chi connectivity index (χ1v) is 8.98. The number of fused-ring (bicyclic) bond motifs is 1. The molecule has 134 valence electrons. The molecule has 0 atom stereocenters. The molecule has 4 rings (SSSR count). The smallest absolute Gasteiger partial charge is 0.256 e. The Kier molecular flexibility index (Phi) is 4.47. The van der Waals surface area contributed by atoms with Crippen LogP contribution >= 0.6 is 11.6 Å². The molecule has 0 radical (unpaired) electrons. The van der Waals surface area contributed by atoms with Crippen molar-refractivity contribution in [3.63, 3.8) is 0 Å². The van der Waals surface area contributed by atoms with E-state index in [0.717, 1.165) is 40.5 Å². The normalized spacial score (nSPS) is 14.7. The van der Waals surface area contributed by atoms with Gasteiger partial charge >= 0.3 is 0 Å². The average molecular weight is 370 g/mol. The van der Waals surface area contributed by atoms with Crippen molar-refractivity contribution < 1.29 is 9.53 Å². The maximum Gasteiger partial charge on any atom is 0.256 e. The lowest BCUT2D eigenvalue weighted by molar-refractivity contribution is 0.0749. The predicted octanol–water partition coefficient (Wildman–Crippen LogP) is 3.79. The number of methoxy groups -OCH3 is 1. The third-order valence-electron chi connectivity index (χ3n) is 4.86. The first-order chi connectivity index (χ1) is 12.7. The molecule has 0 bridgehead atoms. The Morgan fingerprint density at radius 2 is 1.92 bits per heavy atom. The van der Waals surface area contributed by atoms with Gasteiger partial charge in [0, 0.05) is 60.1 Å². The Morgan fingerprint density at radius 1 is 1.12 bits per heavy atom. The van der Waals surface area contributed by atoms with E-state index < -0.39 is 0 Å². The number of rotatable bonds is 3. The SMILES string of the molecule is COc1ccc2c(C(=O)N3CCN(c4cccc(Cl)c4)CC3)c[nH]c2c1. The van der Waals surface area contributed by atoms with E-state index in [1.165, 1.54) is 0 Å². The Balaban J connectivity index is 1.48. The van der Waals surface area contributed by atoms with Gasteiger partial charge in [-0.2, -0.15) is 0 Å². The van der Waals surface area contributed by atoms with Crippen molar-refractivity contribution in [2.45, 2.75) is 0 Å². The van der Waals surface area contributed by atoms with Gasteiger partial charge in [-0.3, -0.25) is 4.79 Å². The van der Waals surface area contributed by atoms with Crippen LogP contribution in [0.5, 0.6) is 5.75 Å². The number of carbonyl (C=O) groups is 1. The summed E-state index contributed by atoms with van der Waals surface area (Å²) in [5, 5.41) is 1.66. The summed E-state index contributed by atoms with van der Waals surface area (Å²) in [6.07, 6.45) is 1.79. The summed E-state index contributed by atoms with van der Waals surface area (Å²) in [6.45, 7) is 2.97. The Labute approximate surface area is 157 Å². The van der Waals surface area contributed by atoms with Crippen molar-refractivity contribution in [2.75, 3.05) is 38.2 Å². The first kappa shape index (κ1) is 16.8. The zero-order valence-electron chi connectivity index (χ0n) is 14.5. The summed E-state index contributed by atoms with van der Waals surface area (Å²) in [5.41, 5.74) is 2.72. The number of aromatic amines is 1. The van der Waals surface area contributed by atoms with E-state index in [-0.39, 0.29) is 5.91 Å². The highest BCUT2D eigenvalue weighted by Gasteiger charge is 2.24. The molecule has 2 heterocycles. The fraction of sp³-hybridized carbons (Fsp3) is 0.250. The van der Waals surface area contributed by atoms with Crippen LogP contribution in [-0.4, -0.2) is 49.1 Å². The molecule has 0 unspecified atom stereocenters. The van der Waals surface area contributed by atoms with Gasteiger partial charge in [0.05, 0.1) is 12.7 Å². The average Bonchev–Trinajstić information content (AvgIpc) is 3.10. The molecule has 1 saturated heterocycles. The van der Waals surface area contributed by atoms with Crippen molar-refractivity contribution >= 4 is 34.1 Å². The molecular weight excluding hydrogens is 350 g/mol. The minimum Gasteiger partial charge on any atom is -0.497 e. The molecule has 1 N–H and O–H groups in total. The monoisotopic (exact) mass is 369 g/mol. The quantitative estimate of drug-likeness (QED) is 0.764. The van der Waals surface area contributed by atoms with E-state index in [9.17, 15) is 4.79 Å². The number of carbonyl (C=O) groups excluding carboxylic acids is 1. The fourth-order valence-electron chi connectivity index (χ4n) is 3.42. The Morgan fingerprint density at radius 3 is 2.65 bits per heavy atom. The molecule has 0 saturated carbocycles. The second kappa shape index (κ2) is 6.92. The number of piperazine rings is 1. The van der Waals surface area contributed by atoms with E-state index in [0.29, 0.717) is 18.7 Å². The number of H-pyrrole nitrogens is 1. The summed E-state index contributed by atoms with van der Waals surface area (Å²) in [4.78, 5) is 20.3. The number of halogens is 1. The third-order valence-corrected chi connectivity index (χ3v) is 5.09. The molecule has 1 aliphatic heterocycles. The van der Waals surface area contributed by atoms with Crippen molar-refractivity contribution in [1.29, 1.82) is 0 Å². The number of benzene rings is 2. The van der Waals surface area contributed by atoms with Crippen molar-refractivity contribution in [1.82, 2.24) is 9.88 Å². The van der Waals surface area contributed by atoms with Crippen LogP contribution in [0.1, 0.15) is 10.4 Å². The standard InChI is InChI=1S/C20H20ClN3O2/c1-26-16-5-6-17-18(13-22-19(17)12-16)20(25)24-9-7-23(8-10-24)15-4-2-3-14(21)11-15/h2-6,11-13,22H,7-10H2,1H3. The minimum atomic E-state index is 0.0622. The molecule has 1 fully saturated rings. The third kappa shape index (κ3) is 3.10. The summed E-state index contributed by atoms with van der Waals surface area (Å²) in [5.74, 6) is 0.834. The molecule has 0 aliphatic carbocycles. The highest BCUT2D eigenvalue weighted by molar-refractivity contribution is 6.30. The highest BCUT2D eigenvalue weighted by atomic mass is 35.5. The van der Waals surface area contributed by atoms with Gasteiger partial charge in [-0.15, -0.1) is 0 Å². The number of hydrogen-bond acceptors (Lipinski definition) is 3. The van der Waals surface area contributed by atoms with Gasteiger partial charge in [0.15, 0.2) is 0 Å². The lowest BCUT2D eigenvalue weighted by Crippen LogP contribution is -2.48. The van der Waals surface area contributed by atoms with E-state index in [4.69, 9.17) is 16.3 Å². The molecule has 2 aromatic carbocycles. The van der Waals surface area contributed by atoms with E-state index in [2.05, 4.69) is 16.0 Å². The molecular formula is C20H20ClN3O2. The van der Waals surface area contributed by atoms with Crippen LogP contribution in [-0.2, 0) is 0 Å². The van der Waals surface area contributed by atoms with Crippen LogP contribution in [0.4, 0.5) is 5.69 Å². The summed E-state index contributed by atoms with van der Waals surface area (Å²) in [7, 11) is 1.63. The van der Waals surface area contributed by atoms with Crippen LogP contribution in [0.3, 0.4) is 0 Å². The number of anilines is 1. The fourth-order valence-corrected chi connectivity index (χ4v) is 3.60. The minimum absolute atomic E-state index is 0.0622. The largest absolute Gasteiger partial charge is 0.497 e. The number of hydrogen-bond donors (Lipinski definition) is 1. The lowest BCUT2D eigenvalue weighted by atomic mass is 10.1. The molecule has 5 nitrogen and oxygen atoms in total. The molecule has 1 aromatic heterocycles. The van der Waals surface area contributed by atoms with E-state index in [1.54, 1.807) is 13.3 Å². The van der Waals surface area contributed by atoms with Gasteiger partial charge in [0.2, 0.25) is 0 Å². The number of nitrogens with zero attached hydrogens (tertiary/aromatic N) is 2. The molecule has 3 aromatic rings. The first-order valence-electron chi connectivity index (χ1n) is 8.60. The zero-order valence-corrected chi connectivity index (χ0v) is 15.3. The predicted molar refractivity (Wildman–Crippen MR) is 104 cm³/mol. The molecule has 0 spiro atoms. The maximum absolute atomic E-state index is 13.0. The molecule has 1 amide bonds. The van der Waals surface area contributed by atoms with Crippen LogP contribution < -0.4 is 9.64 Å². The molecule has 1 aliphatic rings. The van der Waals surface area contributed by atoms with Gasteiger partial charge in [-0.05, 0) is 30.3 Å². The number of ether oxygens (including phenoxy) is 1. The van der Waals surface area contributed by atoms with Gasteiger partial charge < -0.3 is 19.5 Å². The van der Waals surface area contributed by atoms with Crippen molar-refractivity contribution in [2.24, 2.45) is 0 Å². The van der Waals surface area contributed by atoms with Crippen LogP contribution in [0.15, 0.2) is 48.7 Å². The lowest BCUT2D eigenvalue weighted by Gasteiger charge is -2.36. The molecule has 26 heavy (non-hydrogen) atoms. The van der Waals surface area contributed by atoms with Gasteiger partial charge in [-0.25, -0.2) is 0 Å². The van der Waals surface area contributed by atoms with Crippen LogP contribution in [0, 0.1) is 0 Å². The number of amides is 1. The van der Waals surface area contributed by atoms with Gasteiger partial charge in [-0.1, -0.05) is 17.7 Å². The van der Waals surface area contributed by atoms with E-state index >= 15 is 0 Å². The Hall–Kier alpha value is -2.66. The zero-order chi connectivity index (χ0) is 18.1. The van der Waals surface area contributed by atoms with Crippen molar-refractivity contribution in [3.8, 4) is 5.75 Å². The van der Waals surface area contributed by atoms with Crippen LogP contribution in [0.2, 0.25) is 5.02 Å². The van der Waals surface area contributed by atoms with Gasteiger partial charge in [0.1, 0.15) is 5.75 Å². The van der Waals surface area contributed by atoms with Crippen molar-refractivity contribution in [3.05, 3.63) is 59.2 Å². The van der Waals surface area contributed by atoms with E-state index in [1.807, 2.05) is 41.3 Å².